The Morgan fingerprint density at radius 1 is 1.21 bits per heavy atom. The molecule has 0 aliphatic rings. The van der Waals surface area contributed by atoms with E-state index in [2.05, 4.69) is 32.9 Å². The standard InChI is InChI=1S/C17H22O2/c1-13(2)5-4-6-14(3)7-9-16-11-15(12-18)8-10-17(16)19/h5,7-8,10-12,19H,4,6,9H2,1-3H3/b14-7+. The lowest BCUT2D eigenvalue weighted by atomic mass is 10.0. The fourth-order valence-electron chi connectivity index (χ4n) is 1.82. The van der Waals surface area contributed by atoms with Crippen LogP contribution < -0.4 is 0 Å². The van der Waals surface area contributed by atoms with Crippen LogP contribution in [0.3, 0.4) is 0 Å². The molecule has 2 nitrogen and oxygen atoms in total. The Labute approximate surface area is 115 Å². The highest BCUT2D eigenvalue weighted by Gasteiger charge is 2.01. The van der Waals surface area contributed by atoms with Gasteiger partial charge in [0.25, 0.3) is 0 Å². The number of allylic oxidation sites excluding steroid dienone is 4. The van der Waals surface area contributed by atoms with Crippen molar-refractivity contribution in [2.75, 3.05) is 0 Å². The van der Waals surface area contributed by atoms with Gasteiger partial charge in [-0.3, -0.25) is 4.79 Å². The number of phenols is 1. The van der Waals surface area contributed by atoms with Gasteiger partial charge in [0.15, 0.2) is 0 Å². The van der Waals surface area contributed by atoms with Crippen LogP contribution in [0.25, 0.3) is 0 Å². The van der Waals surface area contributed by atoms with Crippen LogP contribution in [0.15, 0.2) is 41.5 Å². The first-order chi connectivity index (χ1) is 9.02. The van der Waals surface area contributed by atoms with Gasteiger partial charge in [-0.15, -0.1) is 0 Å². The molecule has 0 saturated carbocycles. The summed E-state index contributed by atoms with van der Waals surface area (Å²) in [6, 6.07) is 4.94. The minimum atomic E-state index is 0.249. The van der Waals surface area contributed by atoms with E-state index in [0.29, 0.717) is 12.0 Å². The van der Waals surface area contributed by atoms with E-state index in [4.69, 9.17) is 0 Å². The number of benzene rings is 1. The Hall–Kier alpha value is -1.83. The quantitative estimate of drug-likeness (QED) is 0.605. The summed E-state index contributed by atoms with van der Waals surface area (Å²) in [7, 11) is 0. The van der Waals surface area contributed by atoms with E-state index in [-0.39, 0.29) is 5.75 Å². The minimum Gasteiger partial charge on any atom is -0.508 e. The molecular formula is C17H22O2. The summed E-state index contributed by atoms with van der Waals surface area (Å²) in [5, 5.41) is 9.74. The third kappa shape index (κ3) is 5.56. The van der Waals surface area contributed by atoms with Crippen molar-refractivity contribution >= 4 is 6.29 Å². The van der Waals surface area contributed by atoms with Gasteiger partial charge in [0.2, 0.25) is 0 Å². The Kier molecular flexibility index (Phi) is 6.07. The maximum atomic E-state index is 10.7. The first-order valence-electron chi connectivity index (χ1n) is 6.59. The van der Waals surface area contributed by atoms with E-state index in [1.54, 1.807) is 18.2 Å². The summed E-state index contributed by atoms with van der Waals surface area (Å²) in [5.74, 6) is 0.249. The van der Waals surface area contributed by atoms with Gasteiger partial charge in [-0.2, -0.15) is 0 Å². The monoisotopic (exact) mass is 258 g/mol. The van der Waals surface area contributed by atoms with Gasteiger partial charge in [-0.05, 0) is 63.8 Å². The Bertz CT molecular complexity index is 492. The number of phenolic OH excluding ortho intramolecular Hbond substituents is 1. The van der Waals surface area contributed by atoms with Crippen LogP contribution in [0.5, 0.6) is 5.75 Å². The molecule has 2 heteroatoms. The number of hydrogen-bond donors (Lipinski definition) is 1. The molecule has 0 amide bonds. The summed E-state index contributed by atoms with van der Waals surface area (Å²) in [6.45, 7) is 6.30. The van der Waals surface area contributed by atoms with Crippen molar-refractivity contribution in [2.45, 2.75) is 40.0 Å². The second-order valence-corrected chi connectivity index (χ2v) is 5.08. The molecule has 0 aromatic heterocycles. The van der Waals surface area contributed by atoms with Crippen LogP contribution in [-0.4, -0.2) is 11.4 Å². The molecule has 0 fully saturated rings. The summed E-state index contributed by atoms with van der Waals surface area (Å²) in [6.07, 6.45) is 7.87. The molecule has 1 rings (SSSR count). The normalized spacial score (nSPS) is 11.2. The van der Waals surface area contributed by atoms with Crippen molar-refractivity contribution < 1.29 is 9.90 Å². The molecule has 0 saturated heterocycles. The molecule has 0 aliphatic heterocycles. The van der Waals surface area contributed by atoms with E-state index in [0.717, 1.165) is 24.7 Å². The molecule has 0 radical (unpaired) electrons. The van der Waals surface area contributed by atoms with Crippen molar-refractivity contribution in [3.05, 3.63) is 52.6 Å². The van der Waals surface area contributed by atoms with Gasteiger partial charge in [0, 0.05) is 5.56 Å². The topological polar surface area (TPSA) is 37.3 Å². The van der Waals surface area contributed by atoms with E-state index in [1.807, 2.05) is 0 Å². The molecule has 1 aromatic rings. The van der Waals surface area contributed by atoms with Crippen LogP contribution in [0, 0.1) is 0 Å². The lowest BCUT2D eigenvalue weighted by Gasteiger charge is -2.04. The fourth-order valence-corrected chi connectivity index (χ4v) is 1.82. The van der Waals surface area contributed by atoms with E-state index >= 15 is 0 Å². The predicted molar refractivity (Wildman–Crippen MR) is 79.6 cm³/mol. The average Bonchev–Trinajstić information content (AvgIpc) is 2.37. The molecular weight excluding hydrogens is 236 g/mol. The second kappa shape index (κ2) is 7.57. The van der Waals surface area contributed by atoms with Crippen molar-refractivity contribution in [1.82, 2.24) is 0 Å². The van der Waals surface area contributed by atoms with Gasteiger partial charge in [-0.25, -0.2) is 0 Å². The largest absolute Gasteiger partial charge is 0.508 e. The molecule has 0 atom stereocenters. The number of rotatable bonds is 6. The van der Waals surface area contributed by atoms with Crippen LogP contribution in [-0.2, 0) is 6.42 Å². The zero-order chi connectivity index (χ0) is 14.3. The van der Waals surface area contributed by atoms with Crippen molar-refractivity contribution in [1.29, 1.82) is 0 Å². The first kappa shape index (κ1) is 15.2. The van der Waals surface area contributed by atoms with E-state index in [1.165, 1.54) is 11.1 Å². The van der Waals surface area contributed by atoms with Crippen molar-refractivity contribution in [3.63, 3.8) is 0 Å². The number of carbonyl (C=O) groups excluding carboxylic acids is 1. The molecule has 19 heavy (non-hydrogen) atoms. The smallest absolute Gasteiger partial charge is 0.150 e. The molecule has 102 valence electrons. The third-order valence-electron chi connectivity index (χ3n) is 3.00. The molecule has 0 aliphatic carbocycles. The highest BCUT2D eigenvalue weighted by molar-refractivity contribution is 5.75. The maximum Gasteiger partial charge on any atom is 0.150 e. The Morgan fingerprint density at radius 2 is 1.95 bits per heavy atom. The number of carbonyl (C=O) groups is 1. The third-order valence-corrected chi connectivity index (χ3v) is 3.00. The van der Waals surface area contributed by atoms with Gasteiger partial charge in [0.1, 0.15) is 12.0 Å². The maximum absolute atomic E-state index is 10.7. The molecule has 1 aromatic carbocycles. The van der Waals surface area contributed by atoms with Crippen molar-refractivity contribution in [3.8, 4) is 5.75 Å². The number of aldehydes is 1. The fraction of sp³-hybridized carbons (Fsp3) is 0.353. The van der Waals surface area contributed by atoms with Gasteiger partial charge in [0.05, 0.1) is 0 Å². The van der Waals surface area contributed by atoms with Gasteiger partial charge >= 0.3 is 0 Å². The van der Waals surface area contributed by atoms with Crippen LogP contribution in [0.2, 0.25) is 0 Å². The van der Waals surface area contributed by atoms with Crippen molar-refractivity contribution in [2.24, 2.45) is 0 Å². The van der Waals surface area contributed by atoms with Crippen LogP contribution in [0.1, 0.15) is 49.5 Å². The van der Waals surface area contributed by atoms with E-state index in [9.17, 15) is 9.90 Å². The number of aromatic hydroxyl groups is 1. The van der Waals surface area contributed by atoms with Crippen LogP contribution >= 0.6 is 0 Å². The van der Waals surface area contributed by atoms with Gasteiger partial charge < -0.3 is 5.11 Å². The summed E-state index contributed by atoms with van der Waals surface area (Å²) >= 11 is 0. The zero-order valence-corrected chi connectivity index (χ0v) is 11.9. The second-order valence-electron chi connectivity index (χ2n) is 5.08. The minimum absolute atomic E-state index is 0.249. The van der Waals surface area contributed by atoms with E-state index < -0.39 is 0 Å². The molecule has 1 N–H and O–H groups in total. The first-order valence-corrected chi connectivity index (χ1v) is 6.59. The number of hydrogen-bond acceptors (Lipinski definition) is 2. The zero-order valence-electron chi connectivity index (χ0n) is 11.9. The SMILES string of the molecule is CC(C)=CCC/C(C)=C/Cc1cc(C=O)ccc1O. The lowest BCUT2D eigenvalue weighted by Crippen LogP contribution is -1.88. The highest BCUT2D eigenvalue weighted by Crippen LogP contribution is 2.19. The molecule has 0 unspecified atom stereocenters. The summed E-state index contributed by atoms with van der Waals surface area (Å²) in [4.78, 5) is 10.7. The lowest BCUT2D eigenvalue weighted by molar-refractivity contribution is 0.112. The summed E-state index contributed by atoms with van der Waals surface area (Å²) < 4.78 is 0. The molecule has 0 spiro atoms. The molecule has 0 heterocycles. The highest BCUT2D eigenvalue weighted by atomic mass is 16.3. The molecule has 0 bridgehead atoms. The summed E-state index contributed by atoms with van der Waals surface area (Å²) in [5.41, 5.74) is 4.03. The van der Waals surface area contributed by atoms with Crippen LogP contribution in [0.4, 0.5) is 0 Å². The average molecular weight is 258 g/mol. The Balaban J connectivity index is 2.64. The van der Waals surface area contributed by atoms with Gasteiger partial charge in [-0.1, -0.05) is 23.3 Å². The predicted octanol–water partition coefficient (Wildman–Crippen LogP) is 4.44. The Morgan fingerprint density at radius 3 is 2.58 bits per heavy atom.